The summed E-state index contributed by atoms with van der Waals surface area (Å²) in [6.07, 6.45) is 4.21. The summed E-state index contributed by atoms with van der Waals surface area (Å²) in [4.78, 5) is 12.0. The van der Waals surface area contributed by atoms with E-state index in [1.807, 2.05) is 30.8 Å². The van der Waals surface area contributed by atoms with Crippen molar-refractivity contribution in [1.82, 2.24) is 5.32 Å². The summed E-state index contributed by atoms with van der Waals surface area (Å²) in [5.74, 6) is 6.56. The van der Waals surface area contributed by atoms with Crippen molar-refractivity contribution in [2.75, 3.05) is 25.2 Å². The molecule has 0 aliphatic carbocycles. The lowest BCUT2D eigenvalue weighted by molar-refractivity contribution is 0.0953. The van der Waals surface area contributed by atoms with Gasteiger partial charge < -0.3 is 10.4 Å². The topological polar surface area (TPSA) is 49.3 Å². The first kappa shape index (κ1) is 16.6. The van der Waals surface area contributed by atoms with Gasteiger partial charge in [0.25, 0.3) is 5.91 Å². The van der Waals surface area contributed by atoms with Crippen LogP contribution in [0.1, 0.15) is 34.3 Å². The Balaban J connectivity index is 2.54. The maximum Gasteiger partial charge on any atom is 0.251 e. The van der Waals surface area contributed by atoms with E-state index >= 15 is 0 Å². The Kier molecular flexibility index (Phi) is 7.86. The molecule has 0 radical (unpaired) electrons. The molecule has 2 N–H and O–H groups in total. The Hall–Kier alpha value is -1.44. The third-order valence-electron chi connectivity index (χ3n) is 2.85. The minimum Gasteiger partial charge on any atom is -0.384 e. The van der Waals surface area contributed by atoms with Gasteiger partial charge in [-0.3, -0.25) is 4.79 Å². The van der Waals surface area contributed by atoms with Crippen molar-refractivity contribution < 1.29 is 9.90 Å². The van der Waals surface area contributed by atoms with Gasteiger partial charge in [0.15, 0.2) is 0 Å². The average Bonchev–Trinajstić information content (AvgIpc) is 2.45. The second-order valence-electron chi connectivity index (χ2n) is 4.45. The molecule has 20 heavy (non-hydrogen) atoms. The maximum atomic E-state index is 12.0. The Morgan fingerprint density at radius 1 is 1.40 bits per heavy atom. The van der Waals surface area contributed by atoms with Crippen LogP contribution in [0, 0.1) is 18.8 Å². The lowest BCUT2D eigenvalue weighted by Crippen LogP contribution is -2.24. The minimum absolute atomic E-state index is 0.0427. The number of benzene rings is 1. The predicted octanol–water partition coefficient (Wildman–Crippen LogP) is 2.21. The normalized spacial score (nSPS) is 9.75. The first-order valence-electron chi connectivity index (χ1n) is 6.66. The molecule has 1 aromatic carbocycles. The molecule has 4 heteroatoms. The van der Waals surface area contributed by atoms with E-state index in [0.717, 1.165) is 29.7 Å². The van der Waals surface area contributed by atoms with Gasteiger partial charge in [-0.25, -0.2) is 0 Å². The maximum absolute atomic E-state index is 12.0. The van der Waals surface area contributed by atoms with Crippen molar-refractivity contribution in [1.29, 1.82) is 0 Å². The highest BCUT2D eigenvalue weighted by Gasteiger charge is 2.06. The molecule has 1 aromatic rings. The fourth-order valence-electron chi connectivity index (χ4n) is 1.76. The van der Waals surface area contributed by atoms with Gasteiger partial charge in [0.05, 0.1) is 0 Å². The molecule has 0 aliphatic rings. The van der Waals surface area contributed by atoms with E-state index in [4.69, 9.17) is 5.11 Å². The molecule has 1 rings (SSSR count). The van der Waals surface area contributed by atoms with E-state index in [2.05, 4.69) is 23.4 Å². The predicted molar refractivity (Wildman–Crippen MR) is 85.1 cm³/mol. The lowest BCUT2D eigenvalue weighted by atomic mass is 10.0. The van der Waals surface area contributed by atoms with E-state index in [1.54, 1.807) is 6.07 Å². The number of hydrogen-bond donors (Lipinski definition) is 2. The van der Waals surface area contributed by atoms with Gasteiger partial charge in [0.2, 0.25) is 0 Å². The number of nitrogens with one attached hydrogen (secondary N) is 1. The van der Waals surface area contributed by atoms with Crippen molar-refractivity contribution in [2.24, 2.45) is 0 Å². The molecule has 108 valence electrons. The van der Waals surface area contributed by atoms with Gasteiger partial charge in [0.1, 0.15) is 6.61 Å². The third kappa shape index (κ3) is 5.68. The van der Waals surface area contributed by atoms with Crippen molar-refractivity contribution >= 4 is 17.7 Å². The second-order valence-corrected chi connectivity index (χ2v) is 5.43. The van der Waals surface area contributed by atoms with Crippen LogP contribution in [-0.2, 0) is 0 Å². The monoisotopic (exact) mass is 291 g/mol. The molecule has 0 bridgehead atoms. The summed E-state index contributed by atoms with van der Waals surface area (Å²) in [6, 6.07) is 5.42. The van der Waals surface area contributed by atoms with Crippen LogP contribution in [-0.4, -0.2) is 36.2 Å². The zero-order valence-electron chi connectivity index (χ0n) is 12.0. The second kappa shape index (κ2) is 9.46. The molecule has 3 nitrogen and oxygen atoms in total. The Morgan fingerprint density at radius 2 is 2.20 bits per heavy atom. The quantitative estimate of drug-likeness (QED) is 0.624. The highest BCUT2D eigenvalue weighted by molar-refractivity contribution is 7.98. The Bertz CT molecular complexity index is 503. The summed E-state index contributed by atoms with van der Waals surface area (Å²) in [6.45, 7) is 2.47. The van der Waals surface area contributed by atoms with Crippen LogP contribution in [0.3, 0.4) is 0 Å². The summed E-state index contributed by atoms with van der Waals surface area (Å²) in [5.41, 5.74) is 2.44. The van der Waals surface area contributed by atoms with Crippen LogP contribution in [0.25, 0.3) is 0 Å². The number of aryl methyl sites for hydroxylation is 1. The summed E-state index contributed by atoms with van der Waals surface area (Å²) >= 11 is 1.82. The van der Waals surface area contributed by atoms with E-state index in [9.17, 15) is 4.79 Å². The van der Waals surface area contributed by atoms with Gasteiger partial charge in [-0.05, 0) is 55.5 Å². The van der Waals surface area contributed by atoms with Crippen LogP contribution in [0.5, 0.6) is 0 Å². The highest BCUT2D eigenvalue weighted by atomic mass is 32.2. The number of amides is 1. The van der Waals surface area contributed by atoms with Crippen molar-refractivity contribution in [3.63, 3.8) is 0 Å². The van der Waals surface area contributed by atoms with E-state index in [-0.39, 0.29) is 12.5 Å². The number of hydrogen-bond acceptors (Lipinski definition) is 3. The fourth-order valence-corrected chi connectivity index (χ4v) is 2.25. The number of rotatable bonds is 6. The first-order chi connectivity index (χ1) is 9.69. The molecule has 0 saturated heterocycles. The largest absolute Gasteiger partial charge is 0.384 e. The number of carbonyl (C=O) groups is 1. The van der Waals surface area contributed by atoms with Gasteiger partial charge in [-0.15, -0.1) is 0 Å². The fraction of sp³-hybridized carbons (Fsp3) is 0.438. The average molecular weight is 291 g/mol. The molecular weight excluding hydrogens is 270 g/mol. The summed E-state index contributed by atoms with van der Waals surface area (Å²) in [7, 11) is 0. The third-order valence-corrected chi connectivity index (χ3v) is 3.55. The number of carbonyl (C=O) groups excluding carboxylic acids is 1. The highest BCUT2D eigenvalue weighted by Crippen LogP contribution is 2.10. The van der Waals surface area contributed by atoms with E-state index in [0.29, 0.717) is 12.1 Å². The van der Waals surface area contributed by atoms with E-state index < -0.39 is 0 Å². The standard InChI is InChI=1S/C16H21NO2S/c1-13-12-15(8-7-14(13)6-5-10-18)16(19)17-9-3-4-11-20-2/h7-8,12,18H,3-4,9-11H2,1-2H3,(H,17,19). The van der Waals surface area contributed by atoms with Crippen LogP contribution < -0.4 is 5.32 Å². The molecular formula is C16H21NO2S. The molecule has 0 heterocycles. The molecule has 0 fully saturated rings. The molecule has 0 spiro atoms. The zero-order valence-corrected chi connectivity index (χ0v) is 12.8. The summed E-state index contributed by atoms with van der Waals surface area (Å²) < 4.78 is 0. The minimum atomic E-state index is -0.155. The van der Waals surface area contributed by atoms with Gasteiger partial charge >= 0.3 is 0 Å². The lowest BCUT2D eigenvalue weighted by Gasteiger charge is -2.06. The zero-order chi connectivity index (χ0) is 14.8. The molecule has 0 saturated carbocycles. The first-order valence-corrected chi connectivity index (χ1v) is 8.06. The van der Waals surface area contributed by atoms with Crippen LogP contribution in [0.15, 0.2) is 18.2 Å². The molecule has 1 amide bonds. The van der Waals surface area contributed by atoms with Crippen molar-refractivity contribution in [3.8, 4) is 11.8 Å². The smallest absolute Gasteiger partial charge is 0.251 e. The molecule has 0 unspecified atom stereocenters. The number of aliphatic hydroxyl groups is 1. The van der Waals surface area contributed by atoms with Gasteiger partial charge in [0, 0.05) is 17.7 Å². The number of aliphatic hydroxyl groups excluding tert-OH is 1. The van der Waals surface area contributed by atoms with Crippen LogP contribution >= 0.6 is 11.8 Å². The van der Waals surface area contributed by atoms with Gasteiger partial charge in [-0.1, -0.05) is 11.8 Å². The van der Waals surface area contributed by atoms with E-state index in [1.165, 1.54) is 0 Å². The SMILES string of the molecule is CSCCCCNC(=O)c1ccc(C#CCO)c(C)c1. The molecule has 0 aliphatic heterocycles. The van der Waals surface area contributed by atoms with Crippen molar-refractivity contribution in [3.05, 3.63) is 34.9 Å². The van der Waals surface area contributed by atoms with Crippen LogP contribution in [0.2, 0.25) is 0 Å². The number of unbranched alkanes of at least 4 members (excludes halogenated alkanes) is 1. The number of thioether (sulfide) groups is 1. The van der Waals surface area contributed by atoms with Gasteiger partial charge in [-0.2, -0.15) is 11.8 Å². The van der Waals surface area contributed by atoms with Crippen molar-refractivity contribution in [2.45, 2.75) is 19.8 Å². The van der Waals surface area contributed by atoms with Crippen LogP contribution in [0.4, 0.5) is 0 Å². The molecule has 0 atom stereocenters. The Labute approximate surface area is 125 Å². The molecule has 0 aromatic heterocycles. The Morgan fingerprint density at radius 3 is 2.85 bits per heavy atom. The summed E-state index contributed by atoms with van der Waals surface area (Å²) in [5, 5.41) is 11.6.